The Hall–Kier alpha value is -1.17. The molecule has 1 aromatic heterocycles. The Labute approximate surface area is 121 Å². The molecule has 0 aliphatic rings. The van der Waals surface area contributed by atoms with Gasteiger partial charge < -0.3 is 4.74 Å². The van der Waals surface area contributed by atoms with Gasteiger partial charge in [0.1, 0.15) is 12.0 Å². The average molecular weight is 331 g/mol. The number of aryl methyl sites for hydroxylation is 1. The molecule has 0 aromatic carbocycles. The van der Waals surface area contributed by atoms with Crippen LogP contribution >= 0.6 is 15.9 Å². The highest BCUT2D eigenvalue weighted by Gasteiger charge is 2.37. The van der Waals surface area contributed by atoms with Crippen molar-refractivity contribution in [2.45, 2.75) is 41.2 Å². The Morgan fingerprint density at radius 1 is 1.37 bits per heavy atom. The number of carbonyl (C=O) groups is 2. The van der Waals surface area contributed by atoms with Gasteiger partial charge >= 0.3 is 5.97 Å². The zero-order valence-corrected chi connectivity index (χ0v) is 13.5. The largest absolute Gasteiger partial charge is 0.465 e. The number of hydrogen-bond acceptors (Lipinski definition) is 4. The number of esters is 1. The first kappa shape index (κ1) is 15.9. The summed E-state index contributed by atoms with van der Waals surface area (Å²) in [5, 5.41) is 4.27. The van der Waals surface area contributed by atoms with E-state index in [9.17, 15) is 9.59 Å². The van der Waals surface area contributed by atoms with Crippen molar-refractivity contribution in [1.29, 1.82) is 0 Å². The Balaban J connectivity index is 2.90. The molecule has 0 saturated heterocycles. The summed E-state index contributed by atoms with van der Waals surface area (Å²) >= 11 is 3.41. The van der Waals surface area contributed by atoms with E-state index in [1.54, 1.807) is 25.5 Å². The third-order valence-corrected chi connectivity index (χ3v) is 4.22. The number of ether oxygens (including phenoxy) is 1. The minimum absolute atomic E-state index is 0.0596. The molecule has 1 heterocycles. The van der Waals surface area contributed by atoms with Gasteiger partial charge in [0.05, 0.1) is 22.5 Å². The van der Waals surface area contributed by atoms with E-state index in [2.05, 4.69) is 21.0 Å². The summed E-state index contributed by atoms with van der Waals surface area (Å²) in [4.78, 5) is 24.0. The first-order valence-corrected chi connectivity index (χ1v) is 6.91. The normalized spacial score (nSPS) is 11.5. The van der Waals surface area contributed by atoms with Crippen LogP contribution in [0.3, 0.4) is 0 Å². The smallest absolute Gasteiger partial charge is 0.319 e. The molecule has 5 nitrogen and oxygen atoms in total. The van der Waals surface area contributed by atoms with Gasteiger partial charge in [-0.2, -0.15) is 5.10 Å². The van der Waals surface area contributed by atoms with E-state index in [0.29, 0.717) is 0 Å². The molecule has 6 heteroatoms. The molecule has 0 atom stereocenters. The number of aromatic nitrogens is 2. The fourth-order valence-corrected chi connectivity index (χ4v) is 1.87. The lowest BCUT2D eigenvalue weighted by Crippen LogP contribution is -2.37. The van der Waals surface area contributed by atoms with Crippen molar-refractivity contribution >= 4 is 27.7 Å². The Kier molecular flexibility index (Phi) is 4.90. The maximum atomic E-state index is 12.2. The van der Waals surface area contributed by atoms with Gasteiger partial charge in [-0.3, -0.25) is 14.3 Å². The van der Waals surface area contributed by atoms with Crippen LogP contribution in [0.2, 0.25) is 0 Å². The summed E-state index contributed by atoms with van der Waals surface area (Å²) in [6.45, 7) is 8.92. The van der Waals surface area contributed by atoms with E-state index in [0.717, 1.165) is 15.9 Å². The van der Waals surface area contributed by atoms with Crippen LogP contribution in [0, 0.1) is 19.3 Å². The highest BCUT2D eigenvalue weighted by molar-refractivity contribution is 9.10. The molecule has 0 aliphatic carbocycles. The minimum Gasteiger partial charge on any atom is -0.465 e. The monoisotopic (exact) mass is 330 g/mol. The molecule has 19 heavy (non-hydrogen) atoms. The molecule has 0 amide bonds. The molecular weight excluding hydrogens is 312 g/mol. The predicted molar refractivity (Wildman–Crippen MR) is 74.8 cm³/mol. The maximum absolute atomic E-state index is 12.2. The molecule has 0 N–H and O–H groups in total. The number of nitrogens with zero attached hydrogens (tertiary/aromatic N) is 2. The third-order valence-electron chi connectivity index (χ3n) is 3.07. The second-order valence-corrected chi connectivity index (χ2v) is 5.70. The standard InChI is InChI=1S/C13H19BrN2O3/c1-6-19-12(18)13(4,5)10(17)7-16-9(3)11(14)8(2)15-16/h6-7H2,1-5H3. The lowest BCUT2D eigenvalue weighted by atomic mass is 9.88. The first-order chi connectivity index (χ1) is 8.71. The molecular formula is C13H19BrN2O3. The number of Topliss-reactive ketones (excluding diaryl/α,β-unsaturated/α-hetero) is 1. The Bertz CT molecular complexity index is 506. The summed E-state index contributed by atoms with van der Waals surface area (Å²) < 4.78 is 7.41. The van der Waals surface area contributed by atoms with Crippen LogP contribution in [0.15, 0.2) is 4.47 Å². The summed E-state index contributed by atoms with van der Waals surface area (Å²) in [5.41, 5.74) is 0.527. The van der Waals surface area contributed by atoms with Gasteiger partial charge in [-0.25, -0.2) is 0 Å². The predicted octanol–water partition coefficient (Wildman–Crippen LogP) is 2.42. The molecule has 1 aromatic rings. The van der Waals surface area contributed by atoms with Gasteiger partial charge in [0, 0.05) is 0 Å². The Morgan fingerprint density at radius 2 is 1.95 bits per heavy atom. The topological polar surface area (TPSA) is 61.2 Å². The fourth-order valence-electron chi connectivity index (χ4n) is 1.59. The van der Waals surface area contributed by atoms with Gasteiger partial charge in [0.25, 0.3) is 0 Å². The van der Waals surface area contributed by atoms with Crippen molar-refractivity contribution in [3.05, 3.63) is 15.9 Å². The van der Waals surface area contributed by atoms with Crippen LogP contribution in [0.4, 0.5) is 0 Å². The highest BCUT2D eigenvalue weighted by Crippen LogP contribution is 2.23. The van der Waals surface area contributed by atoms with E-state index in [-0.39, 0.29) is 18.9 Å². The van der Waals surface area contributed by atoms with E-state index in [1.807, 2.05) is 13.8 Å². The van der Waals surface area contributed by atoms with Crippen LogP contribution in [0.25, 0.3) is 0 Å². The van der Waals surface area contributed by atoms with Crippen molar-refractivity contribution in [3.8, 4) is 0 Å². The molecule has 0 unspecified atom stereocenters. The summed E-state index contributed by atoms with van der Waals surface area (Å²) in [7, 11) is 0. The van der Waals surface area contributed by atoms with Crippen molar-refractivity contribution in [1.82, 2.24) is 9.78 Å². The van der Waals surface area contributed by atoms with Crippen molar-refractivity contribution in [3.63, 3.8) is 0 Å². The van der Waals surface area contributed by atoms with Crippen LogP contribution < -0.4 is 0 Å². The van der Waals surface area contributed by atoms with Crippen LogP contribution in [0.1, 0.15) is 32.2 Å². The summed E-state index contributed by atoms with van der Waals surface area (Å²) in [5.74, 6) is -0.718. The number of carbonyl (C=O) groups excluding carboxylic acids is 2. The highest BCUT2D eigenvalue weighted by atomic mass is 79.9. The van der Waals surface area contributed by atoms with Crippen molar-refractivity contribution in [2.24, 2.45) is 5.41 Å². The van der Waals surface area contributed by atoms with Crippen molar-refractivity contribution < 1.29 is 14.3 Å². The molecule has 1 rings (SSSR count). The molecule has 0 fully saturated rings. The van der Waals surface area contributed by atoms with Gasteiger partial charge in [0.15, 0.2) is 5.78 Å². The average Bonchev–Trinajstić information content (AvgIpc) is 2.57. The minimum atomic E-state index is -1.16. The first-order valence-electron chi connectivity index (χ1n) is 6.11. The molecule has 0 bridgehead atoms. The van der Waals surface area contributed by atoms with Gasteiger partial charge in [-0.1, -0.05) is 0 Å². The van der Waals surface area contributed by atoms with E-state index < -0.39 is 11.4 Å². The van der Waals surface area contributed by atoms with Gasteiger partial charge in [-0.15, -0.1) is 0 Å². The zero-order chi connectivity index (χ0) is 14.8. The van der Waals surface area contributed by atoms with Crippen LogP contribution in [-0.4, -0.2) is 28.1 Å². The van der Waals surface area contributed by atoms with Gasteiger partial charge in [0.2, 0.25) is 0 Å². The molecule has 0 radical (unpaired) electrons. The lowest BCUT2D eigenvalue weighted by Gasteiger charge is -2.20. The number of rotatable bonds is 5. The summed E-state index contributed by atoms with van der Waals surface area (Å²) in [6, 6.07) is 0. The molecule has 0 saturated carbocycles. The lowest BCUT2D eigenvalue weighted by molar-refractivity contribution is -0.158. The summed E-state index contributed by atoms with van der Waals surface area (Å²) in [6.07, 6.45) is 0. The third kappa shape index (κ3) is 3.23. The number of halogens is 1. The second kappa shape index (κ2) is 5.86. The van der Waals surface area contributed by atoms with E-state index in [1.165, 1.54) is 0 Å². The quantitative estimate of drug-likeness (QED) is 0.614. The van der Waals surface area contributed by atoms with Crippen molar-refractivity contribution in [2.75, 3.05) is 6.61 Å². The number of hydrogen-bond donors (Lipinski definition) is 0. The number of ketones is 1. The molecule has 0 aliphatic heterocycles. The maximum Gasteiger partial charge on any atom is 0.319 e. The second-order valence-electron chi connectivity index (χ2n) is 4.91. The van der Waals surface area contributed by atoms with E-state index in [4.69, 9.17) is 4.74 Å². The van der Waals surface area contributed by atoms with Gasteiger partial charge in [-0.05, 0) is 50.5 Å². The Morgan fingerprint density at radius 3 is 2.37 bits per heavy atom. The molecule has 0 spiro atoms. The van der Waals surface area contributed by atoms with Crippen LogP contribution in [-0.2, 0) is 20.9 Å². The fraction of sp³-hybridized carbons (Fsp3) is 0.615. The SMILES string of the molecule is CCOC(=O)C(C)(C)C(=O)Cn1nc(C)c(Br)c1C. The van der Waals surface area contributed by atoms with E-state index >= 15 is 0 Å². The molecule has 106 valence electrons. The van der Waals surface area contributed by atoms with Crippen LogP contribution in [0.5, 0.6) is 0 Å². The zero-order valence-electron chi connectivity index (χ0n) is 11.9.